The van der Waals surface area contributed by atoms with E-state index in [1.54, 1.807) is 12.4 Å². The summed E-state index contributed by atoms with van der Waals surface area (Å²) in [5.74, 6) is -0.0159. The summed E-state index contributed by atoms with van der Waals surface area (Å²) in [7, 11) is 0. The van der Waals surface area contributed by atoms with E-state index in [2.05, 4.69) is 40.9 Å². The van der Waals surface area contributed by atoms with E-state index < -0.39 is 11.6 Å². The zero-order valence-electron chi connectivity index (χ0n) is 20.1. The highest BCUT2D eigenvalue weighted by molar-refractivity contribution is 5.97. The van der Waals surface area contributed by atoms with Gasteiger partial charge in [0.05, 0.1) is 23.1 Å². The van der Waals surface area contributed by atoms with Crippen LogP contribution in [-0.4, -0.2) is 69.9 Å². The number of hydrogen-bond acceptors (Lipinski definition) is 9. The summed E-state index contributed by atoms with van der Waals surface area (Å²) in [5, 5.41) is 3.31. The summed E-state index contributed by atoms with van der Waals surface area (Å²) in [4.78, 5) is 25.6. The molecule has 0 spiro atoms. The smallest absolute Gasteiger partial charge is 0.224 e. The molecule has 1 aliphatic heterocycles. The fourth-order valence-electron chi connectivity index (χ4n) is 3.94. The summed E-state index contributed by atoms with van der Waals surface area (Å²) >= 11 is 0. The molecule has 36 heavy (non-hydrogen) atoms. The topological polar surface area (TPSA) is 162 Å². The molecule has 0 atom stereocenters. The Morgan fingerprint density at radius 3 is 2.58 bits per heavy atom. The van der Waals surface area contributed by atoms with Gasteiger partial charge in [0.2, 0.25) is 5.95 Å². The summed E-state index contributed by atoms with van der Waals surface area (Å²) in [6, 6.07) is 3.68. The van der Waals surface area contributed by atoms with Gasteiger partial charge in [-0.15, -0.1) is 0 Å². The van der Waals surface area contributed by atoms with E-state index >= 15 is 0 Å². The lowest BCUT2D eigenvalue weighted by atomic mass is 10.2. The first-order valence-electron chi connectivity index (χ1n) is 11.6. The summed E-state index contributed by atoms with van der Waals surface area (Å²) in [5.41, 5.74) is 18.3. The van der Waals surface area contributed by atoms with Gasteiger partial charge in [0.25, 0.3) is 0 Å². The van der Waals surface area contributed by atoms with E-state index in [1.807, 2.05) is 11.8 Å². The Balaban J connectivity index is 1.37. The average Bonchev–Trinajstić information content (AvgIpc) is 2.85. The van der Waals surface area contributed by atoms with Crippen LogP contribution in [0.4, 0.5) is 32.1 Å². The zero-order chi connectivity index (χ0) is 25.7. The minimum Gasteiger partial charge on any atom is -0.382 e. The van der Waals surface area contributed by atoms with Gasteiger partial charge in [0.15, 0.2) is 11.7 Å². The van der Waals surface area contributed by atoms with Crippen LogP contribution in [-0.2, 0) is 6.54 Å². The van der Waals surface area contributed by atoms with Gasteiger partial charge >= 0.3 is 0 Å². The van der Waals surface area contributed by atoms with Crippen molar-refractivity contribution in [3.05, 3.63) is 59.2 Å². The first-order valence-corrected chi connectivity index (χ1v) is 11.6. The Kier molecular flexibility index (Phi) is 7.80. The third-order valence-corrected chi connectivity index (χ3v) is 5.87. The number of anilines is 3. The normalized spacial score (nSPS) is 14.8. The molecule has 0 unspecified atom stereocenters. The van der Waals surface area contributed by atoms with Crippen molar-refractivity contribution < 1.29 is 14.5 Å². The number of aryl methyl sites for hydroxylation is 1. The second-order valence-corrected chi connectivity index (χ2v) is 8.37. The number of aromatic nitrogens is 4. The third kappa shape index (κ3) is 5.98. The largest absolute Gasteiger partial charge is 0.382 e. The number of piperazine rings is 1. The summed E-state index contributed by atoms with van der Waals surface area (Å²) < 4.78 is 27.3. The second-order valence-electron chi connectivity index (χ2n) is 8.37. The second kappa shape index (κ2) is 11.2. The lowest BCUT2D eigenvalue weighted by Crippen LogP contribution is -2.48. The SMILES string of the molecule is Cc1cnc(C(N)=Nc2nc(N)nc(NCCN3CCN(c4ccc(F)cc4F)CC3)c2C[NH3+])cn1. The Bertz CT molecular complexity index is 1230. The average molecular weight is 499 g/mol. The van der Waals surface area contributed by atoms with Crippen LogP contribution < -0.4 is 27.4 Å². The van der Waals surface area contributed by atoms with Crippen molar-refractivity contribution >= 4 is 29.1 Å². The van der Waals surface area contributed by atoms with Gasteiger partial charge in [0, 0.05) is 51.5 Å². The lowest BCUT2D eigenvalue weighted by molar-refractivity contribution is -0.386. The predicted molar refractivity (Wildman–Crippen MR) is 134 cm³/mol. The summed E-state index contributed by atoms with van der Waals surface area (Å²) in [6.45, 7) is 6.32. The number of nitrogens with one attached hydrogen (secondary N) is 1. The molecule has 8 N–H and O–H groups in total. The molecule has 3 heterocycles. The molecule has 190 valence electrons. The maximum absolute atomic E-state index is 14.1. The van der Waals surface area contributed by atoms with E-state index in [4.69, 9.17) is 11.5 Å². The van der Waals surface area contributed by atoms with Crippen LogP contribution >= 0.6 is 0 Å². The third-order valence-electron chi connectivity index (χ3n) is 5.87. The predicted octanol–water partition coefficient (Wildman–Crippen LogP) is 0.448. The molecular weight excluding hydrogens is 468 g/mol. The Labute approximate surface area is 207 Å². The van der Waals surface area contributed by atoms with Crippen LogP contribution in [0, 0.1) is 18.6 Å². The molecule has 1 aliphatic rings. The highest BCUT2D eigenvalue weighted by Gasteiger charge is 2.20. The van der Waals surface area contributed by atoms with Crippen LogP contribution in [0.1, 0.15) is 17.0 Å². The number of nitrogens with zero attached hydrogens (tertiary/aromatic N) is 7. The molecule has 0 aliphatic carbocycles. The van der Waals surface area contributed by atoms with E-state index in [1.165, 1.54) is 12.1 Å². The number of quaternary nitrogens is 1. The molecule has 0 saturated carbocycles. The summed E-state index contributed by atoms with van der Waals surface area (Å²) in [6.07, 6.45) is 3.16. The van der Waals surface area contributed by atoms with Crippen molar-refractivity contribution in [2.75, 3.05) is 55.2 Å². The van der Waals surface area contributed by atoms with Gasteiger partial charge in [-0.1, -0.05) is 0 Å². The molecule has 0 amide bonds. The first-order chi connectivity index (χ1) is 17.3. The number of nitrogens with two attached hydrogens (primary N) is 2. The lowest BCUT2D eigenvalue weighted by Gasteiger charge is -2.36. The molecule has 1 aromatic carbocycles. The quantitative estimate of drug-likeness (QED) is 0.255. The monoisotopic (exact) mass is 498 g/mol. The molecule has 1 saturated heterocycles. The van der Waals surface area contributed by atoms with Crippen molar-refractivity contribution in [1.82, 2.24) is 24.8 Å². The van der Waals surface area contributed by atoms with Crippen molar-refractivity contribution in [2.24, 2.45) is 10.7 Å². The van der Waals surface area contributed by atoms with Crippen LogP contribution in [0.25, 0.3) is 0 Å². The minimum absolute atomic E-state index is 0.0613. The molecule has 1 fully saturated rings. The molecule has 11 nitrogen and oxygen atoms in total. The van der Waals surface area contributed by atoms with Gasteiger partial charge < -0.3 is 27.4 Å². The number of amidine groups is 1. The molecular formula is C23H30F2N11+. The molecule has 3 aromatic rings. The highest BCUT2D eigenvalue weighted by Crippen LogP contribution is 2.25. The van der Waals surface area contributed by atoms with E-state index in [-0.39, 0.29) is 11.8 Å². The van der Waals surface area contributed by atoms with Crippen LogP contribution in [0.2, 0.25) is 0 Å². The Morgan fingerprint density at radius 1 is 1.14 bits per heavy atom. The number of halogens is 2. The van der Waals surface area contributed by atoms with E-state index in [0.717, 1.165) is 31.4 Å². The van der Waals surface area contributed by atoms with Crippen LogP contribution in [0.15, 0.2) is 35.6 Å². The van der Waals surface area contributed by atoms with Crippen LogP contribution in [0.5, 0.6) is 0 Å². The highest BCUT2D eigenvalue weighted by atomic mass is 19.1. The van der Waals surface area contributed by atoms with E-state index in [0.29, 0.717) is 54.8 Å². The molecule has 0 radical (unpaired) electrons. The Hall–Kier alpha value is -3.97. The first kappa shape index (κ1) is 25.1. The Morgan fingerprint density at radius 2 is 1.92 bits per heavy atom. The number of nitrogen functional groups attached to an aromatic ring is 1. The molecule has 2 aromatic heterocycles. The fraction of sp³-hybridized carbons (Fsp3) is 0.348. The molecule has 0 bridgehead atoms. The van der Waals surface area contributed by atoms with Gasteiger partial charge in [-0.05, 0) is 19.1 Å². The van der Waals surface area contributed by atoms with Crippen LogP contribution in [0.3, 0.4) is 0 Å². The number of benzene rings is 1. The molecule has 13 heteroatoms. The van der Waals surface area contributed by atoms with Crippen molar-refractivity contribution in [1.29, 1.82) is 0 Å². The number of hydrogen-bond donors (Lipinski definition) is 4. The minimum atomic E-state index is -0.576. The maximum Gasteiger partial charge on any atom is 0.224 e. The number of rotatable bonds is 8. The zero-order valence-corrected chi connectivity index (χ0v) is 20.1. The standard InChI is InChI=1S/C23H29F2N11/c1-14-12-31-18(13-30-14)20(27)32-22-16(11-26)21(33-23(28)34-22)29-4-5-35-6-8-36(9-7-35)19-3-2-15(24)10-17(19)25/h2-3,10,12-13H,4-9,11,26H2,1H3,(H5,27,28,29,32,33,34)/p+1. The van der Waals surface area contributed by atoms with Gasteiger partial charge in [-0.3, -0.25) is 9.88 Å². The van der Waals surface area contributed by atoms with Gasteiger partial charge in [-0.25, -0.2) is 18.8 Å². The van der Waals surface area contributed by atoms with E-state index in [9.17, 15) is 8.78 Å². The van der Waals surface area contributed by atoms with Gasteiger partial charge in [-0.2, -0.15) is 9.97 Å². The fourth-order valence-corrected chi connectivity index (χ4v) is 3.94. The van der Waals surface area contributed by atoms with Crippen molar-refractivity contribution in [2.45, 2.75) is 13.5 Å². The molecule has 4 rings (SSSR count). The van der Waals surface area contributed by atoms with Crippen molar-refractivity contribution in [3.8, 4) is 0 Å². The maximum atomic E-state index is 14.1. The van der Waals surface area contributed by atoms with Gasteiger partial charge in [0.1, 0.15) is 29.7 Å². The van der Waals surface area contributed by atoms with Crippen molar-refractivity contribution in [3.63, 3.8) is 0 Å². The number of aliphatic imine (C=N–C) groups is 1.